The van der Waals surface area contributed by atoms with Crippen molar-refractivity contribution in [2.75, 3.05) is 96.3 Å². The minimum absolute atomic E-state index is 0.00904. The number of carbonyl (C=O) groups is 3. The van der Waals surface area contributed by atoms with Gasteiger partial charge in [0.1, 0.15) is 5.78 Å². The van der Waals surface area contributed by atoms with Crippen LogP contribution in [0.25, 0.3) is 33.1 Å². The van der Waals surface area contributed by atoms with Crippen molar-refractivity contribution in [1.29, 1.82) is 0 Å². The van der Waals surface area contributed by atoms with Crippen LogP contribution in [0.5, 0.6) is 0 Å². The molecule has 0 radical (unpaired) electrons. The molecule has 2 amide bonds. The summed E-state index contributed by atoms with van der Waals surface area (Å²) in [4.78, 5) is 62.5. The van der Waals surface area contributed by atoms with Crippen LogP contribution in [0.1, 0.15) is 206 Å². The first-order chi connectivity index (χ1) is 54.7. The number of hydrogen-bond acceptors (Lipinski definition) is 19. The van der Waals surface area contributed by atoms with Crippen molar-refractivity contribution in [1.82, 2.24) is 99.0 Å². The first-order valence-electron chi connectivity index (χ1n) is 42.8. The summed E-state index contributed by atoms with van der Waals surface area (Å²) < 4.78 is 18.9. The highest BCUT2D eigenvalue weighted by Crippen LogP contribution is 2.56. The topological polar surface area (TPSA) is 266 Å². The van der Waals surface area contributed by atoms with Crippen LogP contribution < -0.4 is 31.1 Å². The molecule has 3 aliphatic heterocycles. The molecule has 0 spiro atoms. The lowest BCUT2D eigenvalue weighted by Crippen LogP contribution is -2.58. The molecule has 9 fully saturated rings. The second-order valence-electron chi connectivity index (χ2n) is 36.8. The standard InChI is InChI=1S/2C28H40N8O.C24H33N7.C5H11NO.C2H6/c2*1-19-14-24(21-15-29-34(5)26(21)30-19)35-13-6-23-22(16-35)20(2)32-36(23)18-27-7-10-28(11-8-27,12-9-27)31-25(37)17-33(3)4;1-16-12-21(18-13-26-29(3)22(18)27-16)30-11-4-20-19(14-30)17(2)28-31(20)15-23-5-8-24(25,9-6-23)10-7-23;1-5(7)4-6(2)3;1-2/h2*14-15H,6-13,16-18H2,1-5H3,(H,31,37);12-13H,4-11,14-15,25H2,1-3H3;4H2,1-3H3;1-2H3/i;;;;1D. The van der Waals surface area contributed by atoms with Crippen molar-refractivity contribution >= 4 is 67.8 Å². The normalized spacial score (nSPS) is 24.7. The van der Waals surface area contributed by atoms with Crippen LogP contribution in [-0.4, -0.2) is 204 Å². The molecule has 0 saturated heterocycles. The van der Waals surface area contributed by atoms with Crippen molar-refractivity contribution in [3.05, 3.63) is 105 Å². The molecule has 6 bridgehead atoms. The molecule has 0 unspecified atom stereocenters. The van der Waals surface area contributed by atoms with Crippen molar-refractivity contribution in [2.24, 2.45) is 43.1 Å². The molecule has 616 valence electrons. The summed E-state index contributed by atoms with van der Waals surface area (Å²) in [5.41, 5.74) is 29.3. The highest BCUT2D eigenvalue weighted by Gasteiger charge is 2.52. The number of aryl methyl sites for hydroxylation is 9. The summed E-state index contributed by atoms with van der Waals surface area (Å²) in [7, 11) is 17.4. The number of likely N-dealkylation sites (N-methyl/N-ethyl adjacent to an activating group) is 3. The van der Waals surface area contributed by atoms with Crippen LogP contribution in [0.15, 0.2) is 36.8 Å². The second-order valence-corrected chi connectivity index (χ2v) is 36.8. The first-order valence-corrected chi connectivity index (χ1v) is 42.1. The Labute approximate surface area is 676 Å². The summed E-state index contributed by atoms with van der Waals surface area (Å²) in [5, 5.41) is 38.8. The molecule has 114 heavy (non-hydrogen) atoms. The number of carbonyl (C=O) groups excluding carboxylic acids is 3. The molecule has 27 heteroatoms. The fraction of sp³-hybridized carbons (Fsp3) is 0.655. The number of amides is 2. The van der Waals surface area contributed by atoms with E-state index in [1.54, 1.807) is 13.8 Å². The number of fused-ring (bicyclic) bond motifs is 15. The smallest absolute Gasteiger partial charge is 0.234 e. The van der Waals surface area contributed by atoms with Gasteiger partial charge < -0.3 is 45.8 Å². The summed E-state index contributed by atoms with van der Waals surface area (Å²) >= 11 is 0. The summed E-state index contributed by atoms with van der Waals surface area (Å²) in [6.07, 6.45) is 29.8. The number of nitrogens with two attached hydrogens (primary N) is 1. The summed E-state index contributed by atoms with van der Waals surface area (Å²) in [6.45, 7) is 26.8. The van der Waals surface area contributed by atoms with Gasteiger partial charge in [0.15, 0.2) is 16.9 Å². The van der Waals surface area contributed by atoms with Crippen LogP contribution in [-0.2, 0) is 94.1 Å². The van der Waals surface area contributed by atoms with Gasteiger partial charge in [-0.05, 0) is 241 Å². The van der Waals surface area contributed by atoms with Gasteiger partial charge in [-0.2, -0.15) is 30.6 Å². The number of nitrogens with zero attached hydrogens (tertiary/aromatic N) is 21. The number of aromatic nitrogens is 15. The van der Waals surface area contributed by atoms with E-state index >= 15 is 0 Å². The van der Waals surface area contributed by atoms with Gasteiger partial charge in [-0.15, -0.1) is 0 Å². The van der Waals surface area contributed by atoms with Gasteiger partial charge in [0.25, 0.3) is 0 Å². The van der Waals surface area contributed by atoms with E-state index in [1.807, 2.05) is 111 Å². The van der Waals surface area contributed by atoms with Gasteiger partial charge in [0, 0.05) is 168 Å². The van der Waals surface area contributed by atoms with E-state index in [-0.39, 0.29) is 34.2 Å². The Balaban J connectivity index is 0.000000135. The molecular formula is C87H130N24O3. The molecule has 4 N–H and O–H groups in total. The lowest BCUT2D eigenvalue weighted by Gasteiger charge is -2.53. The van der Waals surface area contributed by atoms with Gasteiger partial charge in [0.2, 0.25) is 11.8 Å². The minimum atomic E-state index is 0.00904. The number of anilines is 3. The van der Waals surface area contributed by atoms with Gasteiger partial charge in [-0.3, -0.25) is 42.5 Å². The van der Waals surface area contributed by atoms with Crippen LogP contribution in [0, 0.1) is 57.8 Å². The van der Waals surface area contributed by atoms with Gasteiger partial charge >= 0.3 is 0 Å². The van der Waals surface area contributed by atoms with Crippen molar-refractivity contribution in [3.63, 3.8) is 0 Å². The molecule has 9 saturated carbocycles. The van der Waals surface area contributed by atoms with E-state index in [4.69, 9.17) is 37.4 Å². The zero-order valence-electron chi connectivity index (χ0n) is 72.7. The van der Waals surface area contributed by atoms with Crippen LogP contribution in [0.4, 0.5) is 17.1 Å². The molecular weight excluding hydrogens is 1430 g/mol. The largest absolute Gasteiger partial charge is 0.366 e. The van der Waals surface area contributed by atoms with E-state index in [0.29, 0.717) is 42.8 Å². The minimum Gasteiger partial charge on any atom is -0.366 e. The quantitative estimate of drug-likeness (QED) is 0.0765. The number of rotatable bonds is 17. The lowest BCUT2D eigenvalue weighted by atomic mass is 9.57. The maximum absolute atomic E-state index is 12.5. The highest BCUT2D eigenvalue weighted by molar-refractivity contribution is 5.92. The maximum Gasteiger partial charge on any atom is 0.234 e. The van der Waals surface area contributed by atoms with E-state index in [1.165, 1.54) is 134 Å². The highest BCUT2D eigenvalue weighted by atomic mass is 16.2. The summed E-state index contributed by atoms with van der Waals surface area (Å²) in [5.74, 6) is 0.535. The van der Waals surface area contributed by atoms with Crippen LogP contribution in [0.2, 0.25) is 0 Å². The van der Waals surface area contributed by atoms with Gasteiger partial charge in [-0.1, -0.05) is 13.8 Å². The lowest BCUT2D eigenvalue weighted by molar-refractivity contribution is -0.127. The first kappa shape index (κ1) is 80.5. The molecule has 0 atom stereocenters. The third-order valence-corrected chi connectivity index (χ3v) is 27.4. The average molecular weight is 1560 g/mol. The Hall–Kier alpha value is -8.66. The predicted molar refractivity (Wildman–Crippen MR) is 452 cm³/mol. The number of Topliss-reactive ketones (excluding diaryl/α,β-unsaturated/α-hetero) is 1. The zero-order valence-corrected chi connectivity index (χ0v) is 71.7. The Bertz CT molecular complexity index is 4770. The van der Waals surface area contributed by atoms with E-state index in [0.717, 1.165) is 178 Å². The monoisotopic (exact) mass is 1560 g/mol. The van der Waals surface area contributed by atoms with Gasteiger partial charge in [0.05, 0.1) is 88.5 Å². The van der Waals surface area contributed by atoms with Crippen molar-refractivity contribution < 1.29 is 15.8 Å². The van der Waals surface area contributed by atoms with E-state index in [2.05, 4.69) is 114 Å². The van der Waals surface area contributed by atoms with Crippen molar-refractivity contribution in [2.45, 2.75) is 253 Å². The number of hydrogen-bond donors (Lipinski definition) is 3. The Kier molecular flexibility index (Phi) is 22.9. The number of ketones is 1. The third kappa shape index (κ3) is 16.9. The maximum atomic E-state index is 12.5. The molecule has 21 rings (SSSR count). The molecule has 9 aromatic heterocycles. The fourth-order valence-electron chi connectivity index (χ4n) is 21.0. The molecule has 12 heterocycles. The fourth-order valence-corrected chi connectivity index (χ4v) is 21.0. The second kappa shape index (κ2) is 32.4. The molecule has 9 aliphatic carbocycles. The molecule has 9 aromatic rings. The van der Waals surface area contributed by atoms with E-state index < -0.39 is 0 Å². The van der Waals surface area contributed by atoms with Crippen LogP contribution >= 0.6 is 0 Å². The van der Waals surface area contributed by atoms with Crippen LogP contribution in [0.3, 0.4) is 0 Å². The third-order valence-electron chi connectivity index (χ3n) is 27.4. The SMILES string of the molecule is CC(=O)CN(C)C.Cc1cc(N2CCc3c(c(C)nn3CC34CCC(N)(CC3)CC4)C2)c2cnn(C)c2n1.Cc1cc(N2CCc3c(c(C)nn3CC34CCC(NC(=O)CN(C)C)(CC3)CC4)C2)c2cnn(C)c2n1.Cc1cc(N2CCc3c(c(C)nn3CC34CCC(NC(=O)CN(C)C)(CC3)CC4)C2)c2cnn(C)c2n1.[2H]CC. The van der Waals surface area contributed by atoms with E-state index in [9.17, 15) is 14.4 Å². The average Bonchev–Trinajstić information content (AvgIpc) is 1.70. The Morgan fingerprint density at radius 2 is 0.719 bits per heavy atom. The molecule has 0 aromatic carbocycles. The number of pyridine rings is 3. The molecule has 12 aliphatic rings. The zero-order chi connectivity index (χ0) is 81.8. The van der Waals surface area contributed by atoms with Gasteiger partial charge in [-0.25, -0.2) is 15.0 Å². The predicted octanol–water partition coefficient (Wildman–Crippen LogP) is 10.8. The molecule has 27 nitrogen and oxygen atoms in total. The summed E-state index contributed by atoms with van der Waals surface area (Å²) in [6, 6.07) is 6.60. The number of nitrogens with one attached hydrogen (secondary N) is 2. The Morgan fingerprint density at radius 1 is 0.447 bits per heavy atom. The Morgan fingerprint density at radius 3 is 0.974 bits per heavy atom. The van der Waals surface area contributed by atoms with Crippen molar-refractivity contribution in [3.8, 4) is 0 Å².